The molecule has 2 aliphatic heterocycles. The number of morpholine rings is 1. The number of amides is 1. The van der Waals surface area contributed by atoms with Crippen molar-refractivity contribution in [2.24, 2.45) is 0 Å². The molecule has 0 aromatic heterocycles. The summed E-state index contributed by atoms with van der Waals surface area (Å²) in [6.45, 7) is 4.45. The van der Waals surface area contributed by atoms with E-state index >= 15 is 0 Å². The second-order valence-corrected chi connectivity index (χ2v) is 9.48. The molecule has 0 spiro atoms. The molecule has 0 unspecified atom stereocenters. The highest BCUT2D eigenvalue weighted by Gasteiger charge is 2.25. The van der Waals surface area contributed by atoms with Gasteiger partial charge in [0.15, 0.2) is 0 Å². The van der Waals surface area contributed by atoms with Crippen LogP contribution in [-0.4, -0.2) is 65.2 Å². The van der Waals surface area contributed by atoms with E-state index in [2.05, 4.69) is 9.62 Å². The van der Waals surface area contributed by atoms with Gasteiger partial charge in [-0.3, -0.25) is 9.69 Å². The molecule has 31 heavy (non-hydrogen) atoms. The van der Waals surface area contributed by atoms with Gasteiger partial charge in [0, 0.05) is 44.0 Å². The Bertz CT molecular complexity index is 1040. The summed E-state index contributed by atoms with van der Waals surface area (Å²) in [5.74, 6) is -0.619. The molecule has 0 atom stereocenters. The van der Waals surface area contributed by atoms with Gasteiger partial charge < -0.3 is 9.64 Å². The number of rotatable bonds is 6. The number of carbonyl (C=O) groups is 1. The van der Waals surface area contributed by atoms with Gasteiger partial charge in [-0.2, -0.15) is 0 Å². The molecule has 7 nitrogen and oxygen atoms in total. The first kappa shape index (κ1) is 21.9. The van der Waals surface area contributed by atoms with Crippen LogP contribution in [0.2, 0.25) is 0 Å². The number of hydrogen-bond donors (Lipinski definition) is 1. The van der Waals surface area contributed by atoms with Gasteiger partial charge >= 0.3 is 0 Å². The van der Waals surface area contributed by atoms with Gasteiger partial charge in [-0.1, -0.05) is 0 Å². The number of nitrogens with one attached hydrogen (secondary N) is 1. The third-order valence-corrected chi connectivity index (χ3v) is 7.10. The van der Waals surface area contributed by atoms with E-state index in [0.717, 1.165) is 25.1 Å². The Labute approximate surface area is 181 Å². The summed E-state index contributed by atoms with van der Waals surface area (Å²) >= 11 is 0. The Hall–Kier alpha value is -2.33. The number of aryl methyl sites for hydroxylation is 1. The molecule has 2 heterocycles. The summed E-state index contributed by atoms with van der Waals surface area (Å²) in [6.07, 6.45) is 1.42. The summed E-state index contributed by atoms with van der Waals surface area (Å²) in [4.78, 5) is 16.9. The van der Waals surface area contributed by atoms with Crippen LogP contribution in [0, 0.1) is 5.82 Å². The maximum Gasteiger partial charge on any atom is 0.258 e. The molecule has 1 fully saturated rings. The van der Waals surface area contributed by atoms with Crippen molar-refractivity contribution in [2.45, 2.75) is 17.7 Å². The number of fused-ring (bicyclic) bond motifs is 1. The zero-order valence-corrected chi connectivity index (χ0v) is 18.0. The summed E-state index contributed by atoms with van der Waals surface area (Å²) in [5, 5.41) is 0. The van der Waals surface area contributed by atoms with E-state index in [0.29, 0.717) is 50.5 Å². The molecule has 2 aromatic carbocycles. The van der Waals surface area contributed by atoms with Gasteiger partial charge in [-0.25, -0.2) is 17.5 Å². The highest BCUT2D eigenvalue weighted by atomic mass is 32.2. The molecule has 4 rings (SSSR count). The van der Waals surface area contributed by atoms with Crippen LogP contribution in [0.1, 0.15) is 22.3 Å². The van der Waals surface area contributed by atoms with E-state index in [9.17, 15) is 17.6 Å². The van der Waals surface area contributed by atoms with Crippen molar-refractivity contribution in [1.29, 1.82) is 0 Å². The fourth-order valence-electron chi connectivity index (χ4n) is 3.95. The summed E-state index contributed by atoms with van der Waals surface area (Å²) in [7, 11) is -3.64. The van der Waals surface area contributed by atoms with Gasteiger partial charge in [0.2, 0.25) is 10.0 Å². The van der Waals surface area contributed by atoms with Gasteiger partial charge in [0.1, 0.15) is 5.82 Å². The standard InChI is InChI=1S/C22H26FN3O4S/c23-19-5-3-17(4-6-19)22(27)26-10-1-2-18-16-20(7-8-21(18)26)31(28,29)24-9-11-25-12-14-30-15-13-25/h3-8,16,24H,1-2,9-15H2. The number of anilines is 1. The molecule has 0 radical (unpaired) electrons. The first-order valence-electron chi connectivity index (χ1n) is 10.4. The van der Waals surface area contributed by atoms with Crippen molar-refractivity contribution in [2.75, 3.05) is 50.8 Å². The molecule has 0 saturated carbocycles. The lowest BCUT2D eigenvalue weighted by molar-refractivity contribution is 0.0390. The van der Waals surface area contributed by atoms with Crippen LogP contribution in [0.4, 0.5) is 10.1 Å². The third-order valence-electron chi connectivity index (χ3n) is 5.64. The zero-order valence-electron chi connectivity index (χ0n) is 17.2. The lowest BCUT2D eigenvalue weighted by atomic mass is 10.0. The lowest BCUT2D eigenvalue weighted by Crippen LogP contribution is -2.41. The van der Waals surface area contributed by atoms with Crippen LogP contribution in [0.3, 0.4) is 0 Å². The minimum absolute atomic E-state index is 0.198. The number of carbonyl (C=O) groups excluding carboxylic acids is 1. The monoisotopic (exact) mass is 447 g/mol. The van der Waals surface area contributed by atoms with Crippen molar-refractivity contribution >= 4 is 21.6 Å². The van der Waals surface area contributed by atoms with Crippen molar-refractivity contribution in [3.8, 4) is 0 Å². The Balaban J connectivity index is 1.47. The third kappa shape index (κ3) is 5.12. The molecular formula is C22H26FN3O4S. The largest absolute Gasteiger partial charge is 0.379 e. The highest BCUT2D eigenvalue weighted by molar-refractivity contribution is 7.89. The number of hydrogen-bond acceptors (Lipinski definition) is 5. The van der Waals surface area contributed by atoms with Crippen LogP contribution in [0.5, 0.6) is 0 Å². The predicted octanol–water partition coefficient (Wildman–Crippen LogP) is 2.03. The van der Waals surface area contributed by atoms with Crippen molar-refractivity contribution in [3.05, 3.63) is 59.4 Å². The molecule has 0 aliphatic carbocycles. The second kappa shape index (κ2) is 9.44. The van der Waals surface area contributed by atoms with E-state index < -0.39 is 15.8 Å². The Morgan fingerprint density at radius 2 is 1.81 bits per heavy atom. The van der Waals surface area contributed by atoms with Crippen LogP contribution in [0.25, 0.3) is 0 Å². The zero-order chi connectivity index (χ0) is 21.8. The van der Waals surface area contributed by atoms with E-state index in [4.69, 9.17) is 4.74 Å². The van der Waals surface area contributed by atoms with Crippen LogP contribution < -0.4 is 9.62 Å². The SMILES string of the molecule is O=C(c1ccc(F)cc1)N1CCCc2cc(S(=O)(=O)NCCN3CCOCC3)ccc21. The van der Waals surface area contributed by atoms with Crippen molar-refractivity contribution < 1.29 is 22.3 Å². The fraction of sp³-hybridized carbons (Fsp3) is 0.409. The van der Waals surface area contributed by atoms with E-state index in [1.807, 2.05) is 0 Å². The minimum Gasteiger partial charge on any atom is -0.379 e. The average Bonchev–Trinajstić information content (AvgIpc) is 2.79. The Kier molecular flexibility index (Phi) is 6.66. The Morgan fingerprint density at radius 1 is 1.06 bits per heavy atom. The van der Waals surface area contributed by atoms with Gasteiger partial charge in [0.05, 0.1) is 18.1 Å². The maximum absolute atomic E-state index is 13.2. The molecule has 2 aliphatic rings. The topological polar surface area (TPSA) is 79.0 Å². The number of benzene rings is 2. The maximum atomic E-state index is 13.2. The molecule has 1 saturated heterocycles. The summed E-state index contributed by atoms with van der Waals surface area (Å²) in [5.41, 5.74) is 1.92. The lowest BCUT2D eigenvalue weighted by Gasteiger charge is -2.30. The summed E-state index contributed by atoms with van der Waals surface area (Å²) < 4.78 is 46.7. The van der Waals surface area contributed by atoms with Crippen molar-refractivity contribution in [3.63, 3.8) is 0 Å². The molecule has 0 bridgehead atoms. The number of ether oxygens (including phenoxy) is 1. The number of halogens is 1. The van der Waals surface area contributed by atoms with E-state index in [1.165, 1.54) is 30.3 Å². The van der Waals surface area contributed by atoms with Gasteiger partial charge in [-0.05, 0) is 60.9 Å². The minimum atomic E-state index is -3.64. The Morgan fingerprint density at radius 3 is 2.55 bits per heavy atom. The van der Waals surface area contributed by atoms with Crippen LogP contribution in [-0.2, 0) is 21.2 Å². The second-order valence-electron chi connectivity index (χ2n) is 7.71. The smallest absolute Gasteiger partial charge is 0.258 e. The van der Waals surface area contributed by atoms with E-state index in [1.54, 1.807) is 17.0 Å². The molecular weight excluding hydrogens is 421 g/mol. The van der Waals surface area contributed by atoms with Crippen LogP contribution >= 0.6 is 0 Å². The van der Waals surface area contributed by atoms with Crippen molar-refractivity contribution in [1.82, 2.24) is 9.62 Å². The molecule has 1 amide bonds. The fourth-order valence-corrected chi connectivity index (χ4v) is 5.02. The van der Waals surface area contributed by atoms with Gasteiger partial charge in [0.25, 0.3) is 5.91 Å². The predicted molar refractivity (Wildman–Crippen MR) is 115 cm³/mol. The highest BCUT2D eigenvalue weighted by Crippen LogP contribution is 2.30. The average molecular weight is 448 g/mol. The first-order chi connectivity index (χ1) is 14.9. The normalized spacial score (nSPS) is 17.4. The summed E-state index contributed by atoms with van der Waals surface area (Å²) in [6, 6.07) is 10.3. The number of nitrogens with zero attached hydrogens (tertiary/aromatic N) is 2. The molecule has 2 aromatic rings. The molecule has 1 N–H and O–H groups in total. The van der Waals surface area contributed by atoms with Crippen LogP contribution in [0.15, 0.2) is 47.4 Å². The number of sulfonamides is 1. The molecule has 9 heteroatoms. The quantitative estimate of drug-likeness (QED) is 0.733. The molecule has 166 valence electrons. The van der Waals surface area contributed by atoms with E-state index in [-0.39, 0.29) is 10.8 Å². The first-order valence-corrected chi connectivity index (χ1v) is 11.9. The van der Waals surface area contributed by atoms with Gasteiger partial charge in [-0.15, -0.1) is 0 Å².